The second kappa shape index (κ2) is 10.4. The fourth-order valence-corrected chi connectivity index (χ4v) is 3.35. The lowest BCUT2D eigenvalue weighted by atomic mass is 10.1. The summed E-state index contributed by atoms with van der Waals surface area (Å²) in [7, 11) is -3.91. The Kier molecular flexibility index (Phi) is 8.24. The lowest BCUT2D eigenvalue weighted by Crippen LogP contribution is -2.25. The summed E-state index contributed by atoms with van der Waals surface area (Å²) in [5.74, 6) is -3.10. The van der Waals surface area contributed by atoms with Crippen LogP contribution in [-0.4, -0.2) is 31.6 Å². The molecule has 7 nitrogen and oxygen atoms in total. The maximum absolute atomic E-state index is 14.2. The number of sulfonamides is 1. The van der Waals surface area contributed by atoms with Crippen LogP contribution in [0.5, 0.6) is 0 Å². The topological polar surface area (TPSA) is 100 Å². The Morgan fingerprint density at radius 3 is 2.18 bits per heavy atom. The van der Waals surface area contributed by atoms with Gasteiger partial charge in [-0.05, 0) is 56.7 Å². The van der Waals surface area contributed by atoms with Crippen LogP contribution < -0.4 is 15.4 Å². The van der Waals surface area contributed by atoms with Gasteiger partial charge in [0.05, 0.1) is 12.3 Å². The first kappa shape index (κ1) is 27.0. The Morgan fingerprint density at radius 1 is 1.09 bits per heavy atom. The van der Waals surface area contributed by atoms with Crippen molar-refractivity contribution in [1.82, 2.24) is 10.3 Å². The average molecular weight is 506 g/mol. The van der Waals surface area contributed by atoms with Gasteiger partial charge in [0, 0.05) is 17.7 Å². The zero-order valence-corrected chi connectivity index (χ0v) is 19.4. The first-order valence-corrected chi connectivity index (χ1v) is 11.8. The average Bonchev–Trinajstić information content (AvgIpc) is 2.67. The number of carbonyl (C=O) groups excluding carboxylic acids is 1. The molecule has 3 N–H and O–H groups in total. The van der Waals surface area contributed by atoms with Crippen LogP contribution in [0, 0.1) is 11.6 Å². The summed E-state index contributed by atoms with van der Waals surface area (Å²) in [4.78, 5) is 15.9. The van der Waals surface area contributed by atoms with Crippen molar-refractivity contribution in [2.45, 2.75) is 39.0 Å². The van der Waals surface area contributed by atoms with Crippen LogP contribution in [0.1, 0.15) is 43.6 Å². The van der Waals surface area contributed by atoms with Crippen molar-refractivity contribution in [3.8, 4) is 0 Å². The Hall–Kier alpha value is -3.22. The molecule has 0 aliphatic rings. The molecule has 0 aliphatic carbocycles. The van der Waals surface area contributed by atoms with Gasteiger partial charge in [0.15, 0.2) is 11.6 Å². The third-order valence-electron chi connectivity index (χ3n) is 4.27. The van der Waals surface area contributed by atoms with E-state index in [1.54, 1.807) is 18.6 Å². The van der Waals surface area contributed by atoms with Crippen LogP contribution >= 0.6 is 0 Å². The number of benzene rings is 1. The molecular formula is C21H23F5N4O3S. The van der Waals surface area contributed by atoms with Gasteiger partial charge in [-0.25, -0.2) is 22.2 Å². The van der Waals surface area contributed by atoms with E-state index in [4.69, 9.17) is 0 Å². The zero-order valence-electron chi connectivity index (χ0n) is 18.6. The predicted molar refractivity (Wildman–Crippen MR) is 118 cm³/mol. The number of amides is 1. The van der Waals surface area contributed by atoms with E-state index in [2.05, 4.69) is 15.6 Å². The lowest BCUT2D eigenvalue weighted by Gasteiger charge is -2.16. The van der Waals surface area contributed by atoms with Crippen molar-refractivity contribution in [3.63, 3.8) is 0 Å². The van der Waals surface area contributed by atoms with Gasteiger partial charge >= 0.3 is 6.18 Å². The molecule has 34 heavy (non-hydrogen) atoms. The summed E-state index contributed by atoms with van der Waals surface area (Å²) in [6, 6.07) is 2.56. The van der Waals surface area contributed by atoms with E-state index in [-0.39, 0.29) is 23.0 Å². The summed E-state index contributed by atoms with van der Waals surface area (Å²) in [6.07, 6.45) is -1.61. The molecule has 186 valence electrons. The van der Waals surface area contributed by atoms with E-state index in [1.807, 2.05) is 0 Å². The second-order valence-electron chi connectivity index (χ2n) is 7.73. The normalized spacial score (nSPS) is 13.2. The Labute approximate surface area is 193 Å². The smallest absolute Gasteiger partial charge is 0.367 e. The summed E-state index contributed by atoms with van der Waals surface area (Å²) in [5, 5.41) is 5.25. The molecule has 0 fully saturated rings. The van der Waals surface area contributed by atoms with Gasteiger partial charge in [-0.2, -0.15) is 13.2 Å². The van der Waals surface area contributed by atoms with E-state index in [0.29, 0.717) is 0 Å². The van der Waals surface area contributed by atoms with Crippen molar-refractivity contribution in [2.24, 2.45) is 0 Å². The summed E-state index contributed by atoms with van der Waals surface area (Å²) >= 11 is 0. The first-order valence-electron chi connectivity index (χ1n) is 9.87. The fraction of sp³-hybridized carbons (Fsp3) is 0.333. The Balaban J connectivity index is 2.20. The molecule has 0 saturated heterocycles. The molecular weight excluding hydrogens is 483 g/mol. The summed E-state index contributed by atoms with van der Waals surface area (Å²) in [6.45, 7) is 4.85. The third-order valence-corrected chi connectivity index (χ3v) is 4.84. The number of hydrogen-bond acceptors (Lipinski definition) is 5. The van der Waals surface area contributed by atoms with Crippen LogP contribution in [-0.2, 0) is 21.0 Å². The van der Waals surface area contributed by atoms with Crippen LogP contribution in [0.25, 0.3) is 6.08 Å². The molecule has 1 amide bonds. The van der Waals surface area contributed by atoms with Gasteiger partial charge in [-0.1, -0.05) is 0 Å². The molecule has 0 spiro atoms. The van der Waals surface area contributed by atoms with Gasteiger partial charge in [0.1, 0.15) is 17.2 Å². The molecule has 1 aromatic carbocycles. The van der Waals surface area contributed by atoms with Crippen LogP contribution in [0.4, 0.5) is 33.5 Å². The van der Waals surface area contributed by atoms with E-state index in [1.165, 1.54) is 13.0 Å². The number of nitrogens with one attached hydrogen (secondary N) is 3. The predicted octanol–water partition coefficient (Wildman–Crippen LogP) is 4.46. The molecule has 0 saturated carbocycles. The van der Waals surface area contributed by atoms with E-state index < -0.39 is 51.2 Å². The van der Waals surface area contributed by atoms with Crippen LogP contribution in [0.3, 0.4) is 0 Å². The third kappa shape index (κ3) is 7.68. The largest absolute Gasteiger partial charge is 0.433 e. The maximum Gasteiger partial charge on any atom is 0.433 e. The van der Waals surface area contributed by atoms with Gasteiger partial charge in [0.25, 0.3) is 0 Å². The van der Waals surface area contributed by atoms with Crippen molar-refractivity contribution >= 4 is 33.5 Å². The number of rotatable bonds is 8. The Morgan fingerprint density at radius 2 is 1.68 bits per heavy atom. The SMILES string of the molecule is CC(C)Nc1nc(C(F)(F)F)ccc1C=CC(=O)NC(C)c1cc(F)c(NS(C)(=O)=O)c(F)c1. The molecule has 1 aromatic heterocycles. The monoisotopic (exact) mass is 506 g/mol. The molecule has 0 aliphatic heterocycles. The first-order chi connectivity index (χ1) is 15.6. The van der Waals surface area contributed by atoms with E-state index in [0.717, 1.165) is 36.6 Å². The minimum absolute atomic E-state index is 0.0224. The number of pyridine rings is 1. The number of halogens is 5. The van der Waals surface area contributed by atoms with Crippen molar-refractivity contribution in [2.75, 3.05) is 16.3 Å². The second-order valence-corrected chi connectivity index (χ2v) is 9.48. The van der Waals surface area contributed by atoms with Gasteiger partial charge < -0.3 is 10.6 Å². The van der Waals surface area contributed by atoms with Crippen molar-refractivity contribution < 1.29 is 35.2 Å². The number of hydrogen-bond donors (Lipinski definition) is 3. The fourth-order valence-electron chi connectivity index (χ4n) is 2.79. The van der Waals surface area contributed by atoms with E-state index in [9.17, 15) is 35.2 Å². The lowest BCUT2D eigenvalue weighted by molar-refractivity contribution is -0.141. The molecule has 1 atom stereocenters. The molecule has 0 bridgehead atoms. The minimum atomic E-state index is -4.64. The maximum atomic E-state index is 14.2. The minimum Gasteiger partial charge on any atom is -0.367 e. The number of alkyl halides is 3. The molecule has 2 aromatic rings. The van der Waals surface area contributed by atoms with Gasteiger partial charge in [0.2, 0.25) is 15.9 Å². The van der Waals surface area contributed by atoms with Gasteiger partial charge in [-0.3, -0.25) is 9.52 Å². The van der Waals surface area contributed by atoms with Crippen LogP contribution in [0.15, 0.2) is 30.3 Å². The number of aromatic nitrogens is 1. The highest BCUT2D eigenvalue weighted by Crippen LogP contribution is 2.30. The molecule has 2 rings (SSSR count). The highest BCUT2D eigenvalue weighted by Gasteiger charge is 2.33. The van der Waals surface area contributed by atoms with Gasteiger partial charge in [-0.15, -0.1) is 0 Å². The number of nitrogens with zero attached hydrogens (tertiary/aromatic N) is 1. The molecule has 0 radical (unpaired) electrons. The molecule has 1 heterocycles. The standard InChI is InChI=1S/C21H23F5N4O3S/c1-11(2)27-20-13(5-7-17(29-20)21(24,25)26)6-8-18(31)28-12(3)14-9-15(22)19(16(23)10-14)30-34(4,32)33/h5-12,30H,1-4H3,(H,27,29)(H,28,31). The number of anilines is 2. The Bertz CT molecular complexity index is 1170. The summed E-state index contributed by atoms with van der Waals surface area (Å²) in [5.41, 5.74) is -1.69. The van der Waals surface area contributed by atoms with Crippen molar-refractivity contribution in [3.05, 3.63) is 58.8 Å². The highest BCUT2D eigenvalue weighted by molar-refractivity contribution is 7.92. The number of carbonyl (C=O) groups is 1. The van der Waals surface area contributed by atoms with Crippen LogP contribution in [0.2, 0.25) is 0 Å². The zero-order chi connectivity index (χ0) is 25.8. The summed E-state index contributed by atoms with van der Waals surface area (Å²) < 4.78 is 91.5. The molecule has 1 unspecified atom stereocenters. The van der Waals surface area contributed by atoms with E-state index >= 15 is 0 Å². The highest BCUT2D eigenvalue weighted by atomic mass is 32.2. The molecule has 13 heteroatoms. The quantitative estimate of drug-likeness (QED) is 0.363. The van der Waals surface area contributed by atoms with Crippen molar-refractivity contribution in [1.29, 1.82) is 0 Å².